The number of carbonyl (C=O) groups is 1. The molecule has 1 fully saturated rings. The second kappa shape index (κ2) is 7.00. The Kier molecular flexibility index (Phi) is 4.80. The highest BCUT2D eigenvalue weighted by molar-refractivity contribution is 6.00. The van der Waals surface area contributed by atoms with Crippen LogP contribution in [-0.4, -0.2) is 41.7 Å². The third kappa shape index (κ3) is 3.41. The molecule has 1 aromatic rings. The van der Waals surface area contributed by atoms with Gasteiger partial charge in [-0.1, -0.05) is 12.2 Å². The van der Waals surface area contributed by atoms with Gasteiger partial charge in [0.1, 0.15) is 0 Å². The number of benzene rings is 1. The van der Waals surface area contributed by atoms with Crippen LogP contribution in [0, 0.1) is 16.0 Å². The lowest BCUT2D eigenvalue weighted by Gasteiger charge is -2.22. The van der Waals surface area contributed by atoms with Gasteiger partial charge in [0.15, 0.2) is 0 Å². The van der Waals surface area contributed by atoms with Gasteiger partial charge in [-0.15, -0.1) is 0 Å². The number of anilines is 1. The van der Waals surface area contributed by atoms with Crippen molar-refractivity contribution >= 4 is 17.3 Å². The van der Waals surface area contributed by atoms with Gasteiger partial charge in [0, 0.05) is 43.8 Å². The number of rotatable bonds is 5. The van der Waals surface area contributed by atoms with Crippen LogP contribution < -0.4 is 10.2 Å². The van der Waals surface area contributed by atoms with E-state index in [0.717, 1.165) is 31.6 Å². The number of nitrogens with zero attached hydrogens (tertiary/aromatic N) is 2. The fourth-order valence-corrected chi connectivity index (χ4v) is 3.32. The molecule has 0 saturated carbocycles. The first-order valence-corrected chi connectivity index (χ1v) is 8.22. The number of hydrogen-bond acceptors (Lipinski definition) is 5. The minimum atomic E-state index is -0.484. The third-order valence-corrected chi connectivity index (χ3v) is 4.61. The summed E-state index contributed by atoms with van der Waals surface area (Å²) in [5.41, 5.74) is 1.00. The van der Waals surface area contributed by atoms with Crippen LogP contribution in [0.5, 0.6) is 0 Å². The Labute approximate surface area is 140 Å². The summed E-state index contributed by atoms with van der Waals surface area (Å²) in [6.07, 6.45) is 6.52. The molecular weight excluding hydrogens is 310 g/mol. The van der Waals surface area contributed by atoms with Crippen molar-refractivity contribution in [3.05, 3.63) is 46.0 Å². The predicted octanol–water partition coefficient (Wildman–Crippen LogP) is 1.86. The standard InChI is InChI=1S/C17H21N3O4/c21-11-12-3-4-13(9-12)18-17(22)15-10-14(20(23)24)5-6-16(15)19-7-1-2-8-19/h3-6,10,12-13,21H,1-2,7-9,11H2,(H,18,22)/t12-,13+/m0/s1. The highest BCUT2D eigenvalue weighted by atomic mass is 16.6. The van der Waals surface area contributed by atoms with Crippen molar-refractivity contribution in [2.75, 3.05) is 24.6 Å². The van der Waals surface area contributed by atoms with E-state index in [9.17, 15) is 20.0 Å². The quantitative estimate of drug-likeness (QED) is 0.488. The Hall–Kier alpha value is -2.41. The van der Waals surface area contributed by atoms with Crippen LogP contribution in [0.2, 0.25) is 0 Å². The highest BCUT2D eigenvalue weighted by Crippen LogP contribution is 2.29. The van der Waals surface area contributed by atoms with E-state index in [0.29, 0.717) is 12.0 Å². The summed E-state index contributed by atoms with van der Waals surface area (Å²) >= 11 is 0. The largest absolute Gasteiger partial charge is 0.396 e. The number of nitrogens with one attached hydrogen (secondary N) is 1. The molecule has 1 aliphatic heterocycles. The Balaban J connectivity index is 1.83. The topological polar surface area (TPSA) is 95.7 Å². The highest BCUT2D eigenvalue weighted by Gasteiger charge is 2.25. The smallest absolute Gasteiger partial charge is 0.270 e. The Morgan fingerprint density at radius 3 is 2.71 bits per heavy atom. The van der Waals surface area contributed by atoms with Gasteiger partial charge in [-0.2, -0.15) is 0 Å². The minimum absolute atomic E-state index is 0.0541. The molecule has 0 unspecified atom stereocenters. The van der Waals surface area contributed by atoms with Crippen molar-refractivity contribution in [1.82, 2.24) is 5.32 Å². The molecule has 2 aliphatic rings. The second-order valence-corrected chi connectivity index (χ2v) is 6.30. The first kappa shape index (κ1) is 16.4. The lowest BCUT2D eigenvalue weighted by atomic mass is 10.1. The Morgan fingerprint density at radius 2 is 2.08 bits per heavy atom. The van der Waals surface area contributed by atoms with E-state index in [1.165, 1.54) is 12.1 Å². The van der Waals surface area contributed by atoms with E-state index in [2.05, 4.69) is 10.2 Å². The van der Waals surface area contributed by atoms with Crippen molar-refractivity contribution in [3.63, 3.8) is 0 Å². The lowest BCUT2D eigenvalue weighted by molar-refractivity contribution is -0.384. The van der Waals surface area contributed by atoms with E-state index in [1.807, 2.05) is 12.2 Å². The van der Waals surface area contributed by atoms with E-state index in [4.69, 9.17) is 0 Å². The number of nitro benzene ring substituents is 1. The van der Waals surface area contributed by atoms with Crippen molar-refractivity contribution in [2.24, 2.45) is 5.92 Å². The van der Waals surface area contributed by atoms with Crippen molar-refractivity contribution in [2.45, 2.75) is 25.3 Å². The zero-order valence-corrected chi connectivity index (χ0v) is 13.4. The molecule has 1 amide bonds. The third-order valence-electron chi connectivity index (χ3n) is 4.61. The SMILES string of the molecule is O=C(N[C@@H]1C=C[C@H](CO)C1)c1cc([N+](=O)[O-])ccc1N1CCCC1. The summed E-state index contributed by atoms with van der Waals surface area (Å²) in [4.78, 5) is 25.4. The van der Waals surface area contributed by atoms with Crippen LogP contribution in [0.3, 0.4) is 0 Å². The molecule has 1 aromatic carbocycles. The van der Waals surface area contributed by atoms with Gasteiger partial charge in [0.05, 0.1) is 16.2 Å². The molecule has 0 spiro atoms. The lowest BCUT2D eigenvalue weighted by Crippen LogP contribution is -2.34. The molecule has 2 atom stereocenters. The molecule has 3 rings (SSSR count). The number of carbonyl (C=O) groups excluding carboxylic acids is 1. The average Bonchev–Trinajstić information content (AvgIpc) is 3.25. The van der Waals surface area contributed by atoms with Crippen molar-refractivity contribution in [3.8, 4) is 0 Å². The predicted molar refractivity (Wildman–Crippen MR) is 90.1 cm³/mol. The molecule has 128 valence electrons. The van der Waals surface area contributed by atoms with E-state index >= 15 is 0 Å². The fraction of sp³-hybridized carbons (Fsp3) is 0.471. The van der Waals surface area contributed by atoms with Crippen LogP contribution in [-0.2, 0) is 0 Å². The monoisotopic (exact) mass is 331 g/mol. The molecule has 7 nitrogen and oxygen atoms in total. The van der Waals surface area contributed by atoms with Gasteiger partial charge < -0.3 is 15.3 Å². The molecule has 0 aromatic heterocycles. The molecule has 7 heteroatoms. The van der Waals surface area contributed by atoms with E-state index in [1.54, 1.807) is 6.07 Å². The second-order valence-electron chi connectivity index (χ2n) is 6.30. The number of hydrogen-bond donors (Lipinski definition) is 2. The van der Waals surface area contributed by atoms with Gasteiger partial charge in [0.25, 0.3) is 11.6 Å². The van der Waals surface area contributed by atoms with Gasteiger partial charge in [-0.3, -0.25) is 14.9 Å². The number of aliphatic hydroxyl groups is 1. The number of non-ortho nitro benzene ring substituents is 1. The van der Waals surface area contributed by atoms with E-state index < -0.39 is 4.92 Å². The van der Waals surface area contributed by atoms with Gasteiger partial charge in [-0.05, 0) is 25.3 Å². The summed E-state index contributed by atoms with van der Waals surface area (Å²) in [6, 6.07) is 4.31. The molecule has 0 radical (unpaired) electrons. The van der Waals surface area contributed by atoms with Crippen LogP contribution in [0.1, 0.15) is 29.6 Å². The normalized spacial score (nSPS) is 22.8. The Morgan fingerprint density at radius 1 is 1.33 bits per heavy atom. The van der Waals surface area contributed by atoms with Crippen molar-refractivity contribution in [1.29, 1.82) is 0 Å². The van der Waals surface area contributed by atoms with Crippen LogP contribution in [0.4, 0.5) is 11.4 Å². The maximum Gasteiger partial charge on any atom is 0.270 e. The van der Waals surface area contributed by atoms with Crippen LogP contribution in [0.25, 0.3) is 0 Å². The zero-order valence-electron chi connectivity index (χ0n) is 13.4. The van der Waals surface area contributed by atoms with Gasteiger partial charge in [0.2, 0.25) is 0 Å². The van der Waals surface area contributed by atoms with Crippen LogP contribution in [0.15, 0.2) is 30.4 Å². The van der Waals surface area contributed by atoms with Crippen molar-refractivity contribution < 1.29 is 14.8 Å². The molecule has 1 heterocycles. The summed E-state index contributed by atoms with van der Waals surface area (Å²) in [5.74, 6) is -0.257. The molecule has 1 saturated heterocycles. The van der Waals surface area contributed by atoms with E-state index in [-0.39, 0.29) is 30.2 Å². The number of amides is 1. The van der Waals surface area contributed by atoms with Crippen LogP contribution >= 0.6 is 0 Å². The van der Waals surface area contributed by atoms with Gasteiger partial charge >= 0.3 is 0 Å². The maximum absolute atomic E-state index is 12.7. The number of nitro groups is 1. The molecular formula is C17H21N3O4. The first-order valence-electron chi connectivity index (χ1n) is 8.22. The number of aliphatic hydroxyl groups excluding tert-OH is 1. The molecule has 0 bridgehead atoms. The first-order chi connectivity index (χ1) is 11.6. The minimum Gasteiger partial charge on any atom is -0.396 e. The molecule has 24 heavy (non-hydrogen) atoms. The summed E-state index contributed by atoms with van der Waals surface area (Å²) in [7, 11) is 0. The Bertz CT molecular complexity index is 668. The summed E-state index contributed by atoms with van der Waals surface area (Å²) in [5, 5.41) is 23.1. The molecule has 2 N–H and O–H groups in total. The average molecular weight is 331 g/mol. The summed E-state index contributed by atoms with van der Waals surface area (Å²) < 4.78 is 0. The fourth-order valence-electron chi connectivity index (χ4n) is 3.32. The summed E-state index contributed by atoms with van der Waals surface area (Å²) in [6.45, 7) is 1.76. The zero-order chi connectivity index (χ0) is 17.1. The maximum atomic E-state index is 12.7. The van der Waals surface area contributed by atoms with Gasteiger partial charge in [-0.25, -0.2) is 0 Å². The molecule has 1 aliphatic carbocycles.